The van der Waals surface area contributed by atoms with E-state index in [0.717, 1.165) is 43.0 Å². The minimum absolute atomic E-state index is 0.0752. The van der Waals surface area contributed by atoms with Crippen LogP contribution in [0.15, 0.2) is 28.3 Å². The smallest absolute Gasteiger partial charge is 0.228 e. The Bertz CT molecular complexity index is 815. The number of rotatable bonds is 4. The Labute approximate surface area is 150 Å². The molecule has 0 amide bonds. The third kappa shape index (κ3) is 3.23. The van der Waals surface area contributed by atoms with Crippen molar-refractivity contribution in [1.29, 1.82) is 5.26 Å². The first-order valence-corrected chi connectivity index (χ1v) is 9.55. The molecule has 130 valence electrons. The highest BCUT2D eigenvalue weighted by Crippen LogP contribution is 2.43. The monoisotopic (exact) mass is 357 g/mol. The van der Waals surface area contributed by atoms with Gasteiger partial charge in [0.05, 0.1) is 0 Å². The Morgan fingerprint density at radius 1 is 1.20 bits per heavy atom. The van der Waals surface area contributed by atoms with Crippen LogP contribution >= 0.6 is 11.8 Å². The number of hydrogen-bond acceptors (Lipinski definition) is 5. The highest BCUT2D eigenvalue weighted by molar-refractivity contribution is 7.99. The molecule has 1 aliphatic carbocycles. The van der Waals surface area contributed by atoms with Crippen molar-refractivity contribution in [2.45, 2.75) is 48.7 Å². The summed E-state index contributed by atoms with van der Waals surface area (Å²) in [5.74, 6) is 1.19. The summed E-state index contributed by atoms with van der Waals surface area (Å²) in [5.41, 5.74) is 0.0752. The predicted octanol–water partition coefficient (Wildman–Crippen LogP) is 4.01. The Hall–Kier alpha value is -2.07. The van der Waals surface area contributed by atoms with Gasteiger partial charge in [0, 0.05) is 24.0 Å². The van der Waals surface area contributed by atoms with Crippen molar-refractivity contribution >= 4 is 17.7 Å². The first kappa shape index (κ1) is 16.4. The van der Waals surface area contributed by atoms with E-state index in [0.29, 0.717) is 10.9 Å². The SMILES string of the molecule is CC1CCN(c2nnc(Sc3cccc(F)c3C#N)n2C2CC2)CC1. The van der Waals surface area contributed by atoms with Crippen LogP contribution in [0.1, 0.15) is 44.2 Å². The van der Waals surface area contributed by atoms with Gasteiger partial charge in [0.2, 0.25) is 5.95 Å². The molecule has 0 bridgehead atoms. The van der Waals surface area contributed by atoms with Gasteiger partial charge >= 0.3 is 0 Å². The summed E-state index contributed by atoms with van der Waals surface area (Å²) >= 11 is 1.33. The number of nitrogens with zero attached hydrogens (tertiary/aromatic N) is 5. The maximum Gasteiger partial charge on any atom is 0.228 e. The fraction of sp³-hybridized carbons (Fsp3) is 0.500. The number of halogens is 1. The van der Waals surface area contributed by atoms with Crippen LogP contribution in [0.4, 0.5) is 10.3 Å². The van der Waals surface area contributed by atoms with E-state index >= 15 is 0 Å². The molecule has 1 aromatic carbocycles. The molecule has 1 aromatic heterocycles. The molecule has 7 heteroatoms. The first-order valence-electron chi connectivity index (χ1n) is 8.73. The molecule has 25 heavy (non-hydrogen) atoms. The van der Waals surface area contributed by atoms with E-state index in [1.807, 2.05) is 6.07 Å². The van der Waals surface area contributed by atoms with Gasteiger partial charge in [-0.25, -0.2) is 4.39 Å². The average molecular weight is 357 g/mol. The quantitative estimate of drug-likeness (QED) is 0.827. The van der Waals surface area contributed by atoms with Gasteiger partial charge in [-0.3, -0.25) is 4.57 Å². The lowest BCUT2D eigenvalue weighted by Crippen LogP contribution is -2.34. The lowest BCUT2D eigenvalue weighted by molar-refractivity contribution is 0.429. The van der Waals surface area contributed by atoms with Crippen LogP contribution in [0.2, 0.25) is 0 Å². The van der Waals surface area contributed by atoms with Crippen LogP contribution in [0.3, 0.4) is 0 Å². The maximum atomic E-state index is 13.9. The normalized spacial score (nSPS) is 18.4. The summed E-state index contributed by atoms with van der Waals surface area (Å²) in [6.07, 6.45) is 4.58. The van der Waals surface area contributed by atoms with Gasteiger partial charge in [-0.1, -0.05) is 13.0 Å². The fourth-order valence-electron chi connectivity index (χ4n) is 3.21. The van der Waals surface area contributed by atoms with Gasteiger partial charge < -0.3 is 4.90 Å². The van der Waals surface area contributed by atoms with Crippen LogP contribution in [0.5, 0.6) is 0 Å². The molecule has 1 saturated heterocycles. The number of anilines is 1. The average Bonchev–Trinajstić information content (AvgIpc) is 3.37. The Morgan fingerprint density at radius 3 is 2.64 bits per heavy atom. The summed E-state index contributed by atoms with van der Waals surface area (Å²) in [6, 6.07) is 7.09. The summed E-state index contributed by atoms with van der Waals surface area (Å²) < 4.78 is 16.1. The third-order valence-electron chi connectivity index (χ3n) is 4.91. The maximum absolute atomic E-state index is 13.9. The second kappa shape index (κ2) is 6.68. The molecule has 4 rings (SSSR count). The number of piperidine rings is 1. The fourth-order valence-corrected chi connectivity index (χ4v) is 4.21. The predicted molar refractivity (Wildman–Crippen MR) is 94.1 cm³/mol. The largest absolute Gasteiger partial charge is 0.341 e. The van der Waals surface area contributed by atoms with Gasteiger partial charge in [0.25, 0.3) is 0 Å². The molecule has 2 heterocycles. The molecule has 2 aliphatic rings. The highest BCUT2D eigenvalue weighted by atomic mass is 32.2. The van der Waals surface area contributed by atoms with E-state index in [1.54, 1.807) is 12.1 Å². The minimum Gasteiger partial charge on any atom is -0.341 e. The van der Waals surface area contributed by atoms with Crippen molar-refractivity contribution in [2.75, 3.05) is 18.0 Å². The van der Waals surface area contributed by atoms with E-state index < -0.39 is 5.82 Å². The Kier molecular flexibility index (Phi) is 4.38. The van der Waals surface area contributed by atoms with Crippen LogP contribution in [-0.4, -0.2) is 27.9 Å². The highest BCUT2D eigenvalue weighted by Gasteiger charge is 2.33. The van der Waals surface area contributed by atoms with Crippen molar-refractivity contribution in [3.8, 4) is 6.07 Å². The van der Waals surface area contributed by atoms with Crippen LogP contribution in [0, 0.1) is 23.1 Å². The standard InChI is InChI=1S/C18H20FN5S/c1-12-7-9-23(10-8-12)17-21-22-18(24(17)13-5-6-13)25-16-4-2-3-15(19)14(16)11-20/h2-4,12-13H,5-10H2,1H3. The second-order valence-electron chi connectivity index (χ2n) is 6.88. The van der Waals surface area contributed by atoms with E-state index in [9.17, 15) is 9.65 Å². The third-order valence-corrected chi connectivity index (χ3v) is 5.93. The molecule has 0 radical (unpaired) electrons. The van der Waals surface area contributed by atoms with Gasteiger partial charge in [-0.2, -0.15) is 5.26 Å². The lowest BCUT2D eigenvalue weighted by Gasteiger charge is -2.31. The Morgan fingerprint density at radius 2 is 1.96 bits per heavy atom. The molecule has 2 fully saturated rings. The topological polar surface area (TPSA) is 57.7 Å². The van der Waals surface area contributed by atoms with Crippen molar-refractivity contribution in [3.05, 3.63) is 29.6 Å². The van der Waals surface area contributed by atoms with Crippen LogP contribution in [0.25, 0.3) is 0 Å². The van der Waals surface area contributed by atoms with E-state index in [4.69, 9.17) is 0 Å². The second-order valence-corrected chi connectivity index (χ2v) is 7.89. The van der Waals surface area contributed by atoms with Gasteiger partial charge in [0.1, 0.15) is 17.4 Å². The van der Waals surface area contributed by atoms with Crippen molar-refractivity contribution in [2.24, 2.45) is 5.92 Å². The minimum atomic E-state index is -0.491. The van der Waals surface area contributed by atoms with E-state index in [2.05, 4.69) is 26.6 Å². The zero-order valence-corrected chi connectivity index (χ0v) is 15.0. The number of benzene rings is 1. The zero-order valence-electron chi connectivity index (χ0n) is 14.2. The molecule has 0 unspecified atom stereocenters. The molecule has 0 N–H and O–H groups in total. The number of aromatic nitrogens is 3. The Balaban J connectivity index is 1.65. The van der Waals surface area contributed by atoms with Crippen molar-refractivity contribution < 1.29 is 4.39 Å². The van der Waals surface area contributed by atoms with Gasteiger partial charge in [0.15, 0.2) is 5.16 Å². The van der Waals surface area contributed by atoms with Crippen molar-refractivity contribution in [3.63, 3.8) is 0 Å². The summed E-state index contributed by atoms with van der Waals surface area (Å²) in [5, 5.41) is 18.8. The van der Waals surface area contributed by atoms with Crippen LogP contribution < -0.4 is 4.90 Å². The van der Waals surface area contributed by atoms with Crippen LogP contribution in [-0.2, 0) is 0 Å². The van der Waals surface area contributed by atoms with Crippen molar-refractivity contribution in [1.82, 2.24) is 14.8 Å². The summed E-state index contributed by atoms with van der Waals surface area (Å²) in [7, 11) is 0. The molecule has 1 saturated carbocycles. The molecular weight excluding hydrogens is 337 g/mol. The molecule has 0 atom stereocenters. The molecule has 1 aliphatic heterocycles. The number of nitriles is 1. The molecule has 5 nitrogen and oxygen atoms in total. The first-order chi connectivity index (χ1) is 12.2. The molecular formula is C18H20FN5S. The summed E-state index contributed by atoms with van der Waals surface area (Å²) in [6.45, 7) is 4.29. The number of hydrogen-bond donors (Lipinski definition) is 0. The summed E-state index contributed by atoms with van der Waals surface area (Å²) in [4.78, 5) is 2.90. The van der Waals surface area contributed by atoms with E-state index in [1.165, 1.54) is 30.7 Å². The van der Waals surface area contributed by atoms with Gasteiger partial charge in [-0.15, -0.1) is 10.2 Å². The molecule has 2 aromatic rings. The molecule has 0 spiro atoms. The van der Waals surface area contributed by atoms with E-state index in [-0.39, 0.29) is 5.56 Å². The van der Waals surface area contributed by atoms with Gasteiger partial charge in [-0.05, 0) is 55.5 Å². The zero-order chi connectivity index (χ0) is 17.4. The lowest BCUT2D eigenvalue weighted by atomic mass is 10.00.